The molecule has 0 fully saturated rings. The number of thiazole rings is 1. The molecule has 1 heterocycles. The van der Waals surface area contributed by atoms with E-state index in [9.17, 15) is 4.79 Å². The molecule has 0 N–H and O–H groups in total. The number of aromatic nitrogens is 1. The van der Waals surface area contributed by atoms with E-state index in [1.165, 1.54) is 11.3 Å². The monoisotopic (exact) mass is 203 g/mol. The van der Waals surface area contributed by atoms with Crippen LogP contribution in [-0.4, -0.2) is 10.8 Å². The van der Waals surface area contributed by atoms with Crippen LogP contribution in [0.5, 0.6) is 0 Å². The molecule has 3 heteroatoms. The van der Waals surface area contributed by atoms with Crippen LogP contribution < -0.4 is 0 Å². The lowest BCUT2D eigenvalue weighted by atomic mass is 10.1. The van der Waals surface area contributed by atoms with E-state index < -0.39 is 0 Å². The average molecular weight is 203 g/mol. The van der Waals surface area contributed by atoms with Crippen molar-refractivity contribution >= 4 is 17.1 Å². The minimum Gasteiger partial charge on any atom is -0.294 e. The number of carbonyl (C=O) groups is 1. The fourth-order valence-corrected chi connectivity index (χ4v) is 2.01. The first-order chi connectivity index (χ1) is 6.79. The van der Waals surface area contributed by atoms with Gasteiger partial charge in [0.2, 0.25) is 0 Å². The van der Waals surface area contributed by atoms with E-state index in [1.54, 1.807) is 12.4 Å². The second-order valence-electron chi connectivity index (χ2n) is 2.95. The molecule has 0 spiro atoms. The lowest BCUT2D eigenvalue weighted by Crippen LogP contribution is -1.91. The van der Waals surface area contributed by atoms with E-state index in [2.05, 4.69) is 4.98 Å². The molecule has 0 bridgehead atoms. The maximum absolute atomic E-state index is 11.3. The Balaban J connectivity index is 2.52. The van der Waals surface area contributed by atoms with Gasteiger partial charge in [-0.2, -0.15) is 0 Å². The Kier molecular flexibility index (Phi) is 2.41. The van der Waals surface area contributed by atoms with Gasteiger partial charge >= 0.3 is 0 Å². The molecule has 0 radical (unpaired) electrons. The van der Waals surface area contributed by atoms with Gasteiger partial charge in [0.05, 0.1) is 16.1 Å². The number of carbonyl (C=O) groups excluding carboxylic acids is 1. The smallest absolute Gasteiger partial charge is 0.171 e. The lowest BCUT2D eigenvalue weighted by Gasteiger charge is -1.97. The number of benzene rings is 1. The molecule has 0 atom stereocenters. The molecule has 0 amide bonds. The standard InChI is InChI=1S/C11H9NOS/c1-8(13)11-10(12-7-14-11)9-5-3-2-4-6-9/h2-7H,1H3. The van der Waals surface area contributed by atoms with Crippen molar-refractivity contribution in [3.63, 3.8) is 0 Å². The third-order valence-electron chi connectivity index (χ3n) is 1.93. The molecule has 0 saturated heterocycles. The molecule has 2 rings (SSSR count). The first kappa shape index (κ1) is 9.09. The van der Waals surface area contributed by atoms with Crippen LogP contribution in [0.4, 0.5) is 0 Å². The van der Waals surface area contributed by atoms with Gasteiger partial charge < -0.3 is 0 Å². The van der Waals surface area contributed by atoms with Gasteiger partial charge in [0.15, 0.2) is 5.78 Å². The Morgan fingerprint density at radius 3 is 2.64 bits per heavy atom. The summed E-state index contributed by atoms with van der Waals surface area (Å²) < 4.78 is 0. The number of Topliss-reactive ketones (excluding diaryl/α,β-unsaturated/α-hetero) is 1. The van der Waals surface area contributed by atoms with Crippen LogP contribution in [0.2, 0.25) is 0 Å². The normalized spacial score (nSPS) is 10.1. The van der Waals surface area contributed by atoms with Crippen LogP contribution in [0, 0.1) is 0 Å². The Morgan fingerprint density at radius 1 is 1.29 bits per heavy atom. The number of nitrogens with zero attached hydrogens (tertiary/aromatic N) is 1. The van der Waals surface area contributed by atoms with Gasteiger partial charge in [-0.05, 0) is 0 Å². The van der Waals surface area contributed by atoms with Crippen LogP contribution >= 0.6 is 11.3 Å². The Hall–Kier alpha value is -1.48. The summed E-state index contributed by atoms with van der Waals surface area (Å²) in [6.07, 6.45) is 0. The number of ketones is 1. The second-order valence-corrected chi connectivity index (χ2v) is 3.81. The summed E-state index contributed by atoms with van der Waals surface area (Å²) in [7, 11) is 0. The van der Waals surface area contributed by atoms with E-state index >= 15 is 0 Å². The molecule has 0 saturated carbocycles. The highest BCUT2D eigenvalue weighted by Crippen LogP contribution is 2.25. The SMILES string of the molecule is CC(=O)c1scnc1-c1ccccc1. The third-order valence-corrected chi connectivity index (χ3v) is 2.86. The molecule has 0 aliphatic carbocycles. The fraction of sp³-hybridized carbons (Fsp3) is 0.0909. The molecule has 2 aromatic rings. The summed E-state index contributed by atoms with van der Waals surface area (Å²) in [5, 5.41) is 0. The highest BCUT2D eigenvalue weighted by Gasteiger charge is 2.11. The molecule has 2 nitrogen and oxygen atoms in total. The largest absolute Gasteiger partial charge is 0.294 e. The van der Waals surface area contributed by atoms with Crippen LogP contribution in [0.3, 0.4) is 0 Å². The zero-order valence-corrected chi connectivity index (χ0v) is 8.54. The Labute approximate surface area is 86.2 Å². The number of hydrogen-bond donors (Lipinski definition) is 0. The van der Waals surface area contributed by atoms with Gasteiger partial charge in [-0.3, -0.25) is 4.79 Å². The van der Waals surface area contributed by atoms with Crippen molar-refractivity contribution < 1.29 is 4.79 Å². The summed E-state index contributed by atoms with van der Waals surface area (Å²) in [5.74, 6) is 0.0753. The average Bonchev–Trinajstić information content (AvgIpc) is 2.67. The predicted molar refractivity (Wildman–Crippen MR) is 57.6 cm³/mol. The topological polar surface area (TPSA) is 30.0 Å². The maximum Gasteiger partial charge on any atom is 0.171 e. The predicted octanol–water partition coefficient (Wildman–Crippen LogP) is 3.01. The first-order valence-corrected chi connectivity index (χ1v) is 5.17. The van der Waals surface area contributed by atoms with E-state index in [-0.39, 0.29) is 5.78 Å². The van der Waals surface area contributed by atoms with Crippen molar-refractivity contribution in [1.29, 1.82) is 0 Å². The molecule has 1 aromatic heterocycles. The van der Waals surface area contributed by atoms with Gasteiger partial charge in [0.25, 0.3) is 0 Å². The summed E-state index contributed by atoms with van der Waals surface area (Å²) in [4.78, 5) is 16.2. The highest BCUT2D eigenvalue weighted by molar-refractivity contribution is 7.12. The van der Waals surface area contributed by atoms with Gasteiger partial charge in [-0.25, -0.2) is 4.98 Å². The molecule has 1 aromatic carbocycles. The summed E-state index contributed by atoms with van der Waals surface area (Å²) in [6, 6.07) is 9.75. The second kappa shape index (κ2) is 3.72. The van der Waals surface area contributed by atoms with Crippen molar-refractivity contribution in [2.24, 2.45) is 0 Å². The van der Waals surface area contributed by atoms with Crippen molar-refractivity contribution in [1.82, 2.24) is 4.98 Å². The fourth-order valence-electron chi connectivity index (χ4n) is 1.30. The molecule has 0 aliphatic rings. The van der Waals surface area contributed by atoms with E-state index in [0.29, 0.717) is 0 Å². The zero-order chi connectivity index (χ0) is 9.97. The van der Waals surface area contributed by atoms with Gasteiger partial charge in [-0.1, -0.05) is 30.3 Å². The van der Waals surface area contributed by atoms with Crippen molar-refractivity contribution in [3.8, 4) is 11.3 Å². The van der Waals surface area contributed by atoms with Gasteiger partial charge in [-0.15, -0.1) is 11.3 Å². The van der Waals surface area contributed by atoms with Gasteiger partial charge in [0, 0.05) is 12.5 Å². The molecular weight excluding hydrogens is 194 g/mol. The summed E-state index contributed by atoms with van der Waals surface area (Å²) in [5.41, 5.74) is 3.50. The van der Waals surface area contributed by atoms with E-state index in [0.717, 1.165) is 16.1 Å². The molecule has 0 aliphatic heterocycles. The van der Waals surface area contributed by atoms with Crippen LogP contribution in [0.1, 0.15) is 16.6 Å². The number of hydrogen-bond acceptors (Lipinski definition) is 3. The maximum atomic E-state index is 11.3. The molecular formula is C11H9NOS. The van der Waals surface area contributed by atoms with Crippen molar-refractivity contribution in [3.05, 3.63) is 40.7 Å². The minimum absolute atomic E-state index is 0.0753. The third kappa shape index (κ3) is 1.59. The summed E-state index contributed by atoms with van der Waals surface area (Å²) >= 11 is 1.39. The first-order valence-electron chi connectivity index (χ1n) is 4.29. The Bertz CT molecular complexity index is 447. The van der Waals surface area contributed by atoms with Crippen LogP contribution in [-0.2, 0) is 0 Å². The molecule has 14 heavy (non-hydrogen) atoms. The summed E-state index contributed by atoms with van der Waals surface area (Å²) in [6.45, 7) is 1.57. The zero-order valence-electron chi connectivity index (χ0n) is 7.73. The highest BCUT2D eigenvalue weighted by atomic mass is 32.1. The van der Waals surface area contributed by atoms with Crippen LogP contribution in [0.25, 0.3) is 11.3 Å². The Morgan fingerprint density at radius 2 is 2.00 bits per heavy atom. The van der Waals surface area contributed by atoms with E-state index in [4.69, 9.17) is 0 Å². The van der Waals surface area contributed by atoms with Crippen LogP contribution in [0.15, 0.2) is 35.8 Å². The number of rotatable bonds is 2. The minimum atomic E-state index is 0.0753. The quantitative estimate of drug-likeness (QED) is 0.702. The molecule has 0 unspecified atom stereocenters. The molecule has 70 valence electrons. The van der Waals surface area contributed by atoms with Crippen molar-refractivity contribution in [2.45, 2.75) is 6.92 Å². The van der Waals surface area contributed by atoms with Gasteiger partial charge in [0.1, 0.15) is 0 Å². The van der Waals surface area contributed by atoms with E-state index in [1.807, 2.05) is 30.3 Å². The lowest BCUT2D eigenvalue weighted by molar-refractivity contribution is 0.102. The van der Waals surface area contributed by atoms with Crippen molar-refractivity contribution in [2.75, 3.05) is 0 Å².